The predicted octanol–water partition coefficient (Wildman–Crippen LogP) is 3.10. The van der Waals surface area contributed by atoms with Gasteiger partial charge < -0.3 is 10.1 Å². The van der Waals surface area contributed by atoms with E-state index in [9.17, 15) is 4.79 Å². The Balaban J connectivity index is 1.74. The SMILES string of the molecule is CSc1ccc(CNC(=O)COc2ccccc2)cc1. The maximum atomic E-state index is 11.7. The average molecular weight is 287 g/mol. The molecule has 0 saturated heterocycles. The number of carbonyl (C=O) groups is 1. The van der Waals surface area contributed by atoms with Gasteiger partial charge in [-0.2, -0.15) is 0 Å². The standard InChI is InChI=1S/C16H17NO2S/c1-20-15-9-7-13(8-10-15)11-17-16(18)12-19-14-5-3-2-4-6-14/h2-10H,11-12H2,1H3,(H,17,18). The number of carbonyl (C=O) groups excluding carboxylic acids is 1. The second-order valence-corrected chi connectivity index (χ2v) is 5.11. The van der Waals surface area contributed by atoms with E-state index in [-0.39, 0.29) is 12.5 Å². The van der Waals surface area contributed by atoms with Crippen LogP contribution in [0.5, 0.6) is 5.75 Å². The monoisotopic (exact) mass is 287 g/mol. The van der Waals surface area contributed by atoms with Gasteiger partial charge in [0.15, 0.2) is 6.61 Å². The molecule has 0 aromatic heterocycles. The number of ether oxygens (including phenoxy) is 1. The molecule has 2 aromatic rings. The lowest BCUT2D eigenvalue weighted by atomic mass is 10.2. The van der Waals surface area contributed by atoms with Crippen LogP contribution in [0.25, 0.3) is 0 Å². The van der Waals surface area contributed by atoms with Gasteiger partial charge in [-0.15, -0.1) is 11.8 Å². The minimum atomic E-state index is -0.122. The van der Waals surface area contributed by atoms with E-state index in [4.69, 9.17) is 4.74 Å². The van der Waals surface area contributed by atoms with Crippen LogP contribution < -0.4 is 10.1 Å². The minimum absolute atomic E-state index is 0.0346. The fourth-order valence-corrected chi connectivity index (χ4v) is 2.07. The number of rotatable bonds is 6. The smallest absolute Gasteiger partial charge is 0.258 e. The van der Waals surface area contributed by atoms with Gasteiger partial charge in [-0.3, -0.25) is 4.79 Å². The number of amides is 1. The van der Waals surface area contributed by atoms with Gasteiger partial charge in [-0.05, 0) is 36.1 Å². The van der Waals surface area contributed by atoms with E-state index in [0.29, 0.717) is 12.3 Å². The summed E-state index contributed by atoms with van der Waals surface area (Å²) in [6.07, 6.45) is 2.04. The van der Waals surface area contributed by atoms with Crippen LogP contribution in [0.1, 0.15) is 5.56 Å². The van der Waals surface area contributed by atoms with Crippen molar-refractivity contribution in [3.63, 3.8) is 0 Å². The molecule has 1 N–H and O–H groups in total. The molecule has 2 rings (SSSR count). The first-order valence-corrected chi connectivity index (χ1v) is 7.58. The number of hydrogen-bond acceptors (Lipinski definition) is 3. The van der Waals surface area contributed by atoms with Crippen molar-refractivity contribution in [3.8, 4) is 5.75 Å². The minimum Gasteiger partial charge on any atom is -0.484 e. The average Bonchev–Trinajstić information content (AvgIpc) is 2.52. The Morgan fingerprint density at radius 2 is 1.80 bits per heavy atom. The molecular weight excluding hydrogens is 270 g/mol. The van der Waals surface area contributed by atoms with Crippen molar-refractivity contribution in [2.75, 3.05) is 12.9 Å². The highest BCUT2D eigenvalue weighted by Crippen LogP contribution is 2.14. The van der Waals surface area contributed by atoms with Crippen LogP contribution in [0.2, 0.25) is 0 Å². The summed E-state index contributed by atoms with van der Waals surface area (Å²) < 4.78 is 5.38. The van der Waals surface area contributed by atoms with Gasteiger partial charge >= 0.3 is 0 Å². The normalized spacial score (nSPS) is 10.1. The molecule has 0 saturated carbocycles. The van der Waals surface area contributed by atoms with E-state index in [1.807, 2.05) is 60.9 Å². The Hall–Kier alpha value is -1.94. The Kier molecular flexibility index (Phi) is 5.50. The fourth-order valence-electron chi connectivity index (χ4n) is 1.66. The maximum Gasteiger partial charge on any atom is 0.258 e. The molecule has 0 spiro atoms. The lowest BCUT2D eigenvalue weighted by Crippen LogP contribution is -2.28. The molecule has 1 amide bonds. The molecule has 0 heterocycles. The van der Waals surface area contributed by atoms with Gasteiger partial charge in [-0.25, -0.2) is 0 Å². The molecule has 0 aliphatic rings. The molecule has 2 aromatic carbocycles. The highest BCUT2D eigenvalue weighted by Gasteiger charge is 2.02. The van der Waals surface area contributed by atoms with E-state index < -0.39 is 0 Å². The third kappa shape index (κ3) is 4.63. The maximum absolute atomic E-state index is 11.7. The predicted molar refractivity (Wildman–Crippen MR) is 82.0 cm³/mol. The third-order valence-electron chi connectivity index (χ3n) is 2.76. The Morgan fingerprint density at radius 3 is 2.45 bits per heavy atom. The molecule has 0 aliphatic heterocycles. The number of nitrogens with one attached hydrogen (secondary N) is 1. The molecule has 20 heavy (non-hydrogen) atoms. The number of benzene rings is 2. The molecular formula is C16H17NO2S. The lowest BCUT2D eigenvalue weighted by Gasteiger charge is -2.07. The van der Waals surface area contributed by atoms with Crippen molar-refractivity contribution in [1.82, 2.24) is 5.32 Å². The first kappa shape index (κ1) is 14.5. The number of thioether (sulfide) groups is 1. The molecule has 0 atom stereocenters. The van der Waals surface area contributed by atoms with E-state index in [0.717, 1.165) is 5.56 Å². The summed E-state index contributed by atoms with van der Waals surface area (Å²) >= 11 is 1.70. The zero-order valence-corrected chi connectivity index (χ0v) is 12.2. The van der Waals surface area contributed by atoms with Crippen LogP contribution >= 0.6 is 11.8 Å². The van der Waals surface area contributed by atoms with Crippen molar-refractivity contribution < 1.29 is 9.53 Å². The topological polar surface area (TPSA) is 38.3 Å². The zero-order chi connectivity index (χ0) is 14.2. The van der Waals surface area contributed by atoms with E-state index in [2.05, 4.69) is 5.32 Å². The molecule has 4 heteroatoms. The lowest BCUT2D eigenvalue weighted by molar-refractivity contribution is -0.123. The van der Waals surface area contributed by atoms with Crippen molar-refractivity contribution in [2.24, 2.45) is 0 Å². The summed E-state index contributed by atoms with van der Waals surface area (Å²) in [4.78, 5) is 12.9. The van der Waals surface area contributed by atoms with E-state index in [1.54, 1.807) is 11.8 Å². The Bertz CT molecular complexity index is 540. The van der Waals surface area contributed by atoms with Crippen LogP contribution in [0.15, 0.2) is 59.5 Å². The summed E-state index contributed by atoms with van der Waals surface area (Å²) in [5, 5.41) is 2.84. The van der Waals surface area contributed by atoms with Gasteiger partial charge in [0.2, 0.25) is 0 Å². The van der Waals surface area contributed by atoms with Crippen LogP contribution in [0.4, 0.5) is 0 Å². The second-order valence-electron chi connectivity index (χ2n) is 4.23. The highest BCUT2D eigenvalue weighted by atomic mass is 32.2. The van der Waals surface area contributed by atoms with E-state index in [1.165, 1.54) is 4.90 Å². The van der Waals surface area contributed by atoms with Gasteiger partial charge in [-0.1, -0.05) is 30.3 Å². The summed E-state index contributed by atoms with van der Waals surface area (Å²) in [7, 11) is 0. The summed E-state index contributed by atoms with van der Waals surface area (Å²) in [6, 6.07) is 17.4. The summed E-state index contributed by atoms with van der Waals surface area (Å²) in [6.45, 7) is 0.554. The summed E-state index contributed by atoms with van der Waals surface area (Å²) in [5.74, 6) is 0.578. The van der Waals surface area contributed by atoms with Crippen molar-refractivity contribution >= 4 is 17.7 Å². The van der Waals surface area contributed by atoms with Gasteiger partial charge in [0.05, 0.1) is 0 Å². The van der Waals surface area contributed by atoms with Crippen LogP contribution in [-0.4, -0.2) is 18.8 Å². The number of hydrogen-bond donors (Lipinski definition) is 1. The molecule has 0 unspecified atom stereocenters. The fraction of sp³-hybridized carbons (Fsp3) is 0.188. The molecule has 104 valence electrons. The van der Waals surface area contributed by atoms with Gasteiger partial charge in [0.25, 0.3) is 5.91 Å². The Morgan fingerprint density at radius 1 is 1.10 bits per heavy atom. The third-order valence-corrected chi connectivity index (χ3v) is 3.51. The quantitative estimate of drug-likeness (QED) is 0.830. The zero-order valence-electron chi connectivity index (χ0n) is 11.3. The Labute approximate surface area is 123 Å². The van der Waals surface area contributed by atoms with Gasteiger partial charge in [0.1, 0.15) is 5.75 Å². The van der Waals surface area contributed by atoms with Crippen molar-refractivity contribution in [2.45, 2.75) is 11.4 Å². The van der Waals surface area contributed by atoms with Crippen LogP contribution in [0, 0.1) is 0 Å². The van der Waals surface area contributed by atoms with Gasteiger partial charge in [0, 0.05) is 11.4 Å². The van der Waals surface area contributed by atoms with Crippen LogP contribution in [-0.2, 0) is 11.3 Å². The van der Waals surface area contributed by atoms with E-state index >= 15 is 0 Å². The molecule has 0 aliphatic carbocycles. The number of para-hydroxylation sites is 1. The first-order chi connectivity index (χ1) is 9.78. The molecule has 0 fully saturated rings. The van der Waals surface area contributed by atoms with Crippen molar-refractivity contribution in [3.05, 3.63) is 60.2 Å². The molecule has 0 radical (unpaired) electrons. The summed E-state index contributed by atoms with van der Waals surface area (Å²) in [5.41, 5.74) is 1.08. The molecule has 0 bridgehead atoms. The highest BCUT2D eigenvalue weighted by molar-refractivity contribution is 7.98. The van der Waals surface area contributed by atoms with Crippen LogP contribution in [0.3, 0.4) is 0 Å². The van der Waals surface area contributed by atoms with Crippen molar-refractivity contribution in [1.29, 1.82) is 0 Å². The second kappa shape index (κ2) is 7.60. The molecule has 3 nitrogen and oxygen atoms in total. The first-order valence-electron chi connectivity index (χ1n) is 6.35. The largest absolute Gasteiger partial charge is 0.484 e.